The third-order valence-electron chi connectivity index (χ3n) is 4.58. The summed E-state index contributed by atoms with van der Waals surface area (Å²) >= 11 is 0. The van der Waals surface area contributed by atoms with E-state index in [1.54, 1.807) is 7.11 Å². The average molecular weight is 313 g/mol. The second-order valence-electron chi connectivity index (χ2n) is 6.03. The van der Waals surface area contributed by atoms with E-state index >= 15 is 0 Å². The third kappa shape index (κ3) is 6.53. The average Bonchev–Trinajstić information content (AvgIpc) is 3.05. The van der Waals surface area contributed by atoms with Crippen LogP contribution >= 0.6 is 0 Å². The van der Waals surface area contributed by atoms with Crippen LogP contribution < -0.4 is 10.6 Å². The second-order valence-corrected chi connectivity index (χ2v) is 6.03. The van der Waals surface area contributed by atoms with Crippen LogP contribution in [0.1, 0.15) is 46.5 Å². The summed E-state index contributed by atoms with van der Waals surface area (Å²) in [7, 11) is 1.72. The van der Waals surface area contributed by atoms with Gasteiger partial charge in [-0.3, -0.25) is 9.89 Å². The molecule has 0 aromatic heterocycles. The zero-order valence-electron chi connectivity index (χ0n) is 15.0. The van der Waals surface area contributed by atoms with Crippen LogP contribution in [-0.4, -0.2) is 63.3 Å². The number of likely N-dealkylation sites (tertiary alicyclic amines) is 1. The van der Waals surface area contributed by atoms with Crippen molar-refractivity contribution in [2.24, 2.45) is 10.9 Å². The van der Waals surface area contributed by atoms with Gasteiger partial charge in [-0.15, -0.1) is 0 Å². The molecule has 0 aromatic carbocycles. The van der Waals surface area contributed by atoms with E-state index in [-0.39, 0.29) is 0 Å². The number of rotatable bonds is 10. The highest BCUT2D eigenvalue weighted by molar-refractivity contribution is 5.79. The van der Waals surface area contributed by atoms with Crippen LogP contribution in [0.2, 0.25) is 0 Å². The Morgan fingerprint density at radius 1 is 1.14 bits per heavy atom. The lowest BCUT2D eigenvalue weighted by Gasteiger charge is -2.32. The van der Waals surface area contributed by atoms with E-state index < -0.39 is 0 Å². The highest BCUT2D eigenvalue weighted by Gasteiger charge is 2.27. The SMILES string of the molecule is CCNC(=NCC(C(CC)CC)N1CCCC1)NCCOC. The van der Waals surface area contributed by atoms with Crippen molar-refractivity contribution < 1.29 is 4.74 Å². The van der Waals surface area contributed by atoms with Gasteiger partial charge in [0, 0.05) is 26.2 Å². The molecule has 1 saturated heterocycles. The van der Waals surface area contributed by atoms with Crippen molar-refractivity contribution in [1.29, 1.82) is 0 Å². The Balaban J connectivity index is 2.65. The van der Waals surface area contributed by atoms with Crippen LogP contribution in [0.3, 0.4) is 0 Å². The molecular weight excluding hydrogens is 276 g/mol. The van der Waals surface area contributed by atoms with Crippen LogP contribution in [0.25, 0.3) is 0 Å². The van der Waals surface area contributed by atoms with Gasteiger partial charge in [0.05, 0.1) is 13.2 Å². The number of ether oxygens (including phenoxy) is 1. The van der Waals surface area contributed by atoms with Crippen LogP contribution in [0.15, 0.2) is 4.99 Å². The first-order chi connectivity index (χ1) is 10.8. The first-order valence-corrected chi connectivity index (χ1v) is 9.01. The van der Waals surface area contributed by atoms with E-state index in [9.17, 15) is 0 Å². The molecule has 0 aromatic rings. The number of nitrogens with zero attached hydrogens (tertiary/aromatic N) is 2. The highest BCUT2D eigenvalue weighted by atomic mass is 16.5. The number of hydrogen-bond acceptors (Lipinski definition) is 3. The molecule has 5 heteroatoms. The molecule has 1 aliphatic rings. The Hall–Kier alpha value is -0.810. The summed E-state index contributed by atoms with van der Waals surface area (Å²) in [5, 5.41) is 6.67. The van der Waals surface area contributed by atoms with Gasteiger partial charge in [0.15, 0.2) is 5.96 Å². The molecule has 0 bridgehead atoms. The minimum Gasteiger partial charge on any atom is -0.383 e. The number of guanidine groups is 1. The minimum absolute atomic E-state index is 0.579. The zero-order chi connectivity index (χ0) is 16.2. The predicted octanol–water partition coefficient (Wildman–Crippen LogP) is 2.09. The van der Waals surface area contributed by atoms with Gasteiger partial charge in [-0.05, 0) is 38.8 Å². The summed E-state index contributed by atoms with van der Waals surface area (Å²) in [6.45, 7) is 12.5. The maximum absolute atomic E-state index is 5.10. The summed E-state index contributed by atoms with van der Waals surface area (Å²) < 4.78 is 5.10. The van der Waals surface area contributed by atoms with Gasteiger partial charge in [0.1, 0.15) is 0 Å². The van der Waals surface area contributed by atoms with E-state index in [0.29, 0.717) is 12.6 Å². The van der Waals surface area contributed by atoms with Crippen LogP contribution in [0.5, 0.6) is 0 Å². The van der Waals surface area contributed by atoms with E-state index in [2.05, 4.69) is 36.3 Å². The Labute approximate surface area is 136 Å². The van der Waals surface area contributed by atoms with E-state index in [0.717, 1.165) is 31.5 Å². The summed E-state index contributed by atoms with van der Waals surface area (Å²) in [6.07, 6.45) is 5.15. The first-order valence-electron chi connectivity index (χ1n) is 9.01. The molecule has 0 spiro atoms. The van der Waals surface area contributed by atoms with Gasteiger partial charge >= 0.3 is 0 Å². The molecule has 0 radical (unpaired) electrons. The Morgan fingerprint density at radius 3 is 2.36 bits per heavy atom. The Kier molecular flexibility index (Phi) is 10.2. The molecule has 1 fully saturated rings. The molecule has 0 amide bonds. The van der Waals surface area contributed by atoms with Crippen molar-refractivity contribution in [3.05, 3.63) is 0 Å². The topological polar surface area (TPSA) is 48.9 Å². The molecule has 1 heterocycles. The van der Waals surface area contributed by atoms with E-state index in [4.69, 9.17) is 9.73 Å². The molecule has 0 saturated carbocycles. The summed E-state index contributed by atoms with van der Waals surface area (Å²) in [4.78, 5) is 7.50. The van der Waals surface area contributed by atoms with Gasteiger partial charge in [0.25, 0.3) is 0 Å². The maximum atomic E-state index is 5.10. The van der Waals surface area contributed by atoms with Crippen molar-refractivity contribution in [3.63, 3.8) is 0 Å². The fraction of sp³-hybridized carbons (Fsp3) is 0.941. The van der Waals surface area contributed by atoms with Crippen LogP contribution in [0.4, 0.5) is 0 Å². The third-order valence-corrected chi connectivity index (χ3v) is 4.58. The van der Waals surface area contributed by atoms with Gasteiger partial charge in [-0.2, -0.15) is 0 Å². The van der Waals surface area contributed by atoms with E-state index in [1.165, 1.54) is 38.8 Å². The molecule has 1 atom stereocenters. The van der Waals surface area contributed by atoms with Crippen molar-refractivity contribution in [1.82, 2.24) is 15.5 Å². The Morgan fingerprint density at radius 2 is 1.82 bits per heavy atom. The number of nitrogens with one attached hydrogen (secondary N) is 2. The standard InChI is InChI=1S/C17H36N4O/c1-5-15(6-2)16(21-11-8-9-12-21)14-20-17(18-7-3)19-10-13-22-4/h15-16H,5-14H2,1-4H3,(H2,18,19,20). The molecular formula is C17H36N4O. The predicted molar refractivity (Wildman–Crippen MR) is 94.5 cm³/mol. The quantitative estimate of drug-likeness (QED) is 0.368. The fourth-order valence-electron chi connectivity index (χ4n) is 3.27. The van der Waals surface area contributed by atoms with E-state index in [1.807, 2.05) is 0 Å². The maximum Gasteiger partial charge on any atom is 0.191 e. The Bertz CT molecular complexity index is 297. The smallest absolute Gasteiger partial charge is 0.191 e. The van der Waals surface area contributed by atoms with Gasteiger partial charge in [-0.25, -0.2) is 0 Å². The lowest BCUT2D eigenvalue weighted by Crippen LogP contribution is -2.43. The molecule has 5 nitrogen and oxygen atoms in total. The van der Waals surface area contributed by atoms with Crippen molar-refractivity contribution in [3.8, 4) is 0 Å². The van der Waals surface area contributed by atoms with Crippen molar-refractivity contribution in [2.45, 2.75) is 52.5 Å². The fourth-order valence-corrected chi connectivity index (χ4v) is 3.27. The number of aliphatic imine (C=N–C) groups is 1. The van der Waals surface area contributed by atoms with Crippen molar-refractivity contribution in [2.75, 3.05) is 46.4 Å². The van der Waals surface area contributed by atoms with Gasteiger partial charge in [-0.1, -0.05) is 26.7 Å². The summed E-state index contributed by atoms with van der Waals surface area (Å²) in [5.74, 6) is 1.65. The van der Waals surface area contributed by atoms with Crippen molar-refractivity contribution >= 4 is 5.96 Å². The molecule has 0 aliphatic carbocycles. The molecule has 1 rings (SSSR count). The summed E-state index contributed by atoms with van der Waals surface area (Å²) in [5.41, 5.74) is 0. The second kappa shape index (κ2) is 11.7. The summed E-state index contributed by atoms with van der Waals surface area (Å²) in [6, 6.07) is 0.579. The molecule has 22 heavy (non-hydrogen) atoms. The number of methoxy groups -OCH3 is 1. The van der Waals surface area contributed by atoms with Crippen LogP contribution in [-0.2, 0) is 4.74 Å². The molecule has 1 unspecified atom stereocenters. The highest BCUT2D eigenvalue weighted by Crippen LogP contribution is 2.23. The zero-order valence-corrected chi connectivity index (χ0v) is 15.0. The lowest BCUT2D eigenvalue weighted by molar-refractivity contribution is 0.171. The lowest BCUT2D eigenvalue weighted by atomic mass is 9.93. The van der Waals surface area contributed by atoms with Gasteiger partial charge in [0.2, 0.25) is 0 Å². The monoisotopic (exact) mass is 312 g/mol. The molecule has 130 valence electrons. The largest absolute Gasteiger partial charge is 0.383 e. The normalized spacial score (nSPS) is 18.0. The first kappa shape index (κ1) is 19.2. The molecule has 2 N–H and O–H groups in total. The number of hydrogen-bond donors (Lipinski definition) is 2. The minimum atomic E-state index is 0.579. The van der Waals surface area contributed by atoms with Crippen LogP contribution in [0, 0.1) is 5.92 Å². The molecule has 1 aliphatic heterocycles. The van der Waals surface area contributed by atoms with Gasteiger partial charge < -0.3 is 15.4 Å².